The molecule has 196 valence electrons. The Morgan fingerprint density at radius 1 is 0.949 bits per heavy atom. The van der Waals surface area contributed by atoms with Crippen molar-refractivity contribution in [1.82, 2.24) is 4.98 Å². The number of Topliss-reactive ketones (excluding diaryl/α,β-unsaturated/α-hetero) is 1. The number of carbonyl (C=O) groups is 2. The minimum Gasteiger partial charge on any atom is -0.507 e. The third kappa shape index (κ3) is 4.99. The van der Waals surface area contributed by atoms with Crippen molar-refractivity contribution in [2.24, 2.45) is 0 Å². The zero-order chi connectivity index (χ0) is 27.5. The predicted octanol–water partition coefficient (Wildman–Crippen LogP) is 5.91. The Labute approximate surface area is 227 Å². The second kappa shape index (κ2) is 10.8. The Morgan fingerprint density at radius 2 is 1.67 bits per heavy atom. The molecular weight excluding hydrogens is 492 g/mol. The lowest BCUT2D eigenvalue weighted by atomic mass is 9.95. The molecule has 7 heteroatoms. The summed E-state index contributed by atoms with van der Waals surface area (Å²) in [6.07, 6.45) is 1.59. The molecule has 1 N–H and O–H groups in total. The zero-order valence-corrected chi connectivity index (χ0v) is 21.9. The molecule has 39 heavy (non-hydrogen) atoms. The van der Waals surface area contributed by atoms with Crippen LogP contribution in [-0.4, -0.2) is 28.9 Å². The Balaban J connectivity index is 1.57. The van der Waals surface area contributed by atoms with E-state index in [4.69, 9.17) is 9.47 Å². The minimum absolute atomic E-state index is 0.0496. The molecule has 1 aliphatic rings. The van der Waals surface area contributed by atoms with Crippen molar-refractivity contribution in [3.05, 3.63) is 125 Å². The maximum atomic E-state index is 13.5. The monoisotopic (exact) mass is 520 g/mol. The summed E-state index contributed by atoms with van der Waals surface area (Å²) in [5.74, 6) is -0.808. The number of aliphatic hydroxyl groups is 1. The van der Waals surface area contributed by atoms with Crippen LogP contribution in [0.25, 0.3) is 5.76 Å². The fourth-order valence-electron chi connectivity index (χ4n) is 4.91. The molecule has 1 fully saturated rings. The van der Waals surface area contributed by atoms with E-state index in [-0.39, 0.29) is 11.3 Å². The first-order valence-electron chi connectivity index (χ1n) is 12.5. The first-order valence-corrected chi connectivity index (χ1v) is 12.5. The van der Waals surface area contributed by atoms with Gasteiger partial charge in [-0.25, -0.2) is 0 Å². The van der Waals surface area contributed by atoms with Gasteiger partial charge in [0.15, 0.2) is 0 Å². The Morgan fingerprint density at radius 3 is 2.33 bits per heavy atom. The summed E-state index contributed by atoms with van der Waals surface area (Å²) in [5.41, 5.74) is 3.93. The fourth-order valence-corrected chi connectivity index (χ4v) is 4.91. The molecule has 0 spiro atoms. The summed E-state index contributed by atoms with van der Waals surface area (Å²) in [5, 5.41) is 11.5. The van der Waals surface area contributed by atoms with E-state index in [0.717, 1.165) is 16.7 Å². The molecule has 0 aliphatic carbocycles. The van der Waals surface area contributed by atoms with Crippen LogP contribution >= 0.6 is 0 Å². The summed E-state index contributed by atoms with van der Waals surface area (Å²) < 4.78 is 11.4. The molecule has 1 aliphatic heterocycles. The van der Waals surface area contributed by atoms with Crippen molar-refractivity contribution in [2.75, 3.05) is 12.0 Å². The van der Waals surface area contributed by atoms with Gasteiger partial charge in [0.2, 0.25) is 0 Å². The van der Waals surface area contributed by atoms with E-state index in [1.54, 1.807) is 54.7 Å². The number of rotatable bonds is 7. The number of carbonyl (C=O) groups excluding carboxylic acids is 2. The van der Waals surface area contributed by atoms with Crippen LogP contribution in [0.3, 0.4) is 0 Å². The van der Waals surface area contributed by atoms with Crippen LogP contribution in [0.1, 0.15) is 34.0 Å². The van der Waals surface area contributed by atoms with Gasteiger partial charge in [0, 0.05) is 11.9 Å². The van der Waals surface area contributed by atoms with Gasteiger partial charge in [-0.15, -0.1) is 0 Å². The number of hydrogen-bond donors (Lipinski definition) is 1. The van der Waals surface area contributed by atoms with Gasteiger partial charge in [-0.2, -0.15) is 0 Å². The van der Waals surface area contributed by atoms with E-state index in [0.29, 0.717) is 35.1 Å². The normalized spacial score (nSPS) is 16.4. The van der Waals surface area contributed by atoms with Gasteiger partial charge in [0.1, 0.15) is 29.9 Å². The molecule has 3 aromatic carbocycles. The van der Waals surface area contributed by atoms with Crippen LogP contribution < -0.4 is 14.4 Å². The van der Waals surface area contributed by atoms with Crippen LogP contribution in [0.5, 0.6) is 11.5 Å². The summed E-state index contributed by atoms with van der Waals surface area (Å²) >= 11 is 0. The lowest BCUT2D eigenvalue weighted by molar-refractivity contribution is -0.132. The molecule has 0 bridgehead atoms. The Hall–Kier alpha value is -4.91. The number of aryl methyl sites for hydroxylation is 2. The zero-order valence-electron chi connectivity index (χ0n) is 21.9. The molecule has 5 rings (SSSR count). The van der Waals surface area contributed by atoms with Gasteiger partial charge >= 0.3 is 0 Å². The largest absolute Gasteiger partial charge is 0.507 e. The van der Waals surface area contributed by atoms with Crippen molar-refractivity contribution in [2.45, 2.75) is 26.5 Å². The molecule has 0 radical (unpaired) electrons. The van der Waals surface area contributed by atoms with Gasteiger partial charge in [-0.05, 0) is 73.0 Å². The second-order valence-electron chi connectivity index (χ2n) is 9.35. The van der Waals surface area contributed by atoms with Crippen molar-refractivity contribution < 1.29 is 24.2 Å². The van der Waals surface area contributed by atoms with Crippen molar-refractivity contribution in [3.8, 4) is 11.5 Å². The van der Waals surface area contributed by atoms with Crippen molar-refractivity contribution >= 4 is 23.1 Å². The number of hydrogen-bond acceptors (Lipinski definition) is 6. The first-order chi connectivity index (χ1) is 18.9. The van der Waals surface area contributed by atoms with E-state index >= 15 is 0 Å². The number of anilines is 1. The number of pyridine rings is 1. The van der Waals surface area contributed by atoms with Gasteiger partial charge < -0.3 is 14.6 Å². The smallest absolute Gasteiger partial charge is 0.300 e. The molecule has 1 unspecified atom stereocenters. The molecule has 1 saturated heterocycles. The highest BCUT2D eigenvalue weighted by molar-refractivity contribution is 6.51. The van der Waals surface area contributed by atoms with Crippen LogP contribution in [-0.2, 0) is 16.2 Å². The molecule has 1 amide bonds. The molecule has 0 saturated carbocycles. The topological polar surface area (TPSA) is 89.0 Å². The molecule has 7 nitrogen and oxygen atoms in total. The average Bonchev–Trinajstić information content (AvgIpc) is 3.22. The highest BCUT2D eigenvalue weighted by Crippen LogP contribution is 2.43. The third-order valence-electron chi connectivity index (χ3n) is 6.65. The summed E-state index contributed by atoms with van der Waals surface area (Å²) in [6.45, 7) is 4.15. The molecule has 1 atom stereocenters. The van der Waals surface area contributed by atoms with E-state index < -0.39 is 17.7 Å². The fraction of sp³-hybridized carbons (Fsp3) is 0.156. The van der Waals surface area contributed by atoms with E-state index in [9.17, 15) is 14.7 Å². The van der Waals surface area contributed by atoms with Gasteiger partial charge in [-0.1, -0.05) is 42.5 Å². The number of ether oxygens (including phenoxy) is 2. The highest BCUT2D eigenvalue weighted by Gasteiger charge is 2.48. The van der Waals surface area contributed by atoms with Crippen LogP contribution in [0.15, 0.2) is 96.7 Å². The number of nitrogens with zero attached hydrogens (tertiary/aromatic N) is 2. The van der Waals surface area contributed by atoms with E-state index in [1.165, 1.54) is 12.0 Å². The number of ketones is 1. The number of aromatic nitrogens is 1. The SMILES string of the molecule is COc1c(C)cc(C)cc1/C(O)=C1\C(=O)C(=O)N(c2ccc(OCc3ccccc3)cc2)C1c1ccccn1. The lowest BCUT2D eigenvalue weighted by Crippen LogP contribution is -2.29. The summed E-state index contributed by atoms with van der Waals surface area (Å²) in [4.78, 5) is 32.8. The Kier molecular flexibility index (Phi) is 7.14. The molecule has 2 heterocycles. The van der Waals surface area contributed by atoms with Crippen LogP contribution in [0, 0.1) is 13.8 Å². The van der Waals surface area contributed by atoms with Crippen LogP contribution in [0.4, 0.5) is 5.69 Å². The number of amides is 1. The van der Waals surface area contributed by atoms with Crippen LogP contribution in [0.2, 0.25) is 0 Å². The highest BCUT2D eigenvalue weighted by atomic mass is 16.5. The van der Waals surface area contributed by atoms with Crippen molar-refractivity contribution in [3.63, 3.8) is 0 Å². The lowest BCUT2D eigenvalue weighted by Gasteiger charge is -2.25. The van der Waals surface area contributed by atoms with E-state index in [1.807, 2.05) is 50.2 Å². The molecule has 1 aromatic heterocycles. The molecular formula is C32H28N2O5. The van der Waals surface area contributed by atoms with Gasteiger partial charge in [0.25, 0.3) is 11.7 Å². The third-order valence-corrected chi connectivity index (χ3v) is 6.65. The number of benzene rings is 3. The molecule has 4 aromatic rings. The second-order valence-corrected chi connectivity index (χ2v) is 9.35. The Bertz CT molecular complexity index is 1550. The average molecular weight is 521 g/mol. The minimum atomic E-state index is -0.937. The first kappa shape index (κ1) is 25.7. The maximum Gasteiger partial charge on any atom is 0.300 e. The number of methoxy groups -OCH3 is 1. The van der Waals surface area contributed by atoms with Gasteiger partial charge in [-0.3, -0.25) is 19.5 Å². The van der Waals surface area contributed by atoms with E-state index in [2.05, 4.69) is 4.98 Å². The summed E-state index contributed by atoms with van der Waals surface area (Å²) in [7, 11) is 1.50. The quantitative estimate of drug-likeness (QED) is 0.185. The van der Waals surface area contributed by atoms with Crippen molar-refractivity contribution in [1.29, 1.82) is 0 Å². The maximum absolute atomic E-state index is 13.5. The standard InChI is InChI=1S/C32H28N2O5/c1-20-17-21(2)31(38-3)25(18-20)29(35)27-28(26-11-7-8-16-33-26)34(32(37)30(27)36)23-12-14-24(15-13-23)39-19-22-9-5-4-6-10-22/h4-18,28,35H,19H2,1-3H3/b29-27+. The van der Waals surface area contributed by atoms with Gasteiger partial charge in [0.05, 0.1) is 23.9 Å². The number of aliphatic hydroxyl groups excluding tert-OH is 1. The summed E-state index contributed by atoms with van der Waals surface area (Å²) in [6, 6.07) is 24.7. The predicted molar refractivity (Wildman–Crippen MR) is 149 cm³/mol.